The van der Waals surface area contributed by atoms with Crippen molar-refractivity contribution in [3.63, 3.8) is 0 Å². The Labute approximate surface area is 94.6 Å². The van der Waals surface area contributed by atoms with Crippen molar-refractivity contribution in [1.82, 2.24) is 5.32 Å². The molecule has 1 saturated heterocycles. The van der Waals surface area contributed by atoms with Crippen molar-refractivity contribution in [2.45, 2.75) is 13.3 Å². The largest absolute Gasteiger partial charge is 0.466 e. The van der Waals surface area contributed by atoms with Crippen LogP contribution in [0.4, 0.5) is 0 Å². The second-order valence-electron chi connectivity index (χ2n) is 3.24. The van der Waals surface area contributed by atoms with Gasteiger partial charge >= 0.3 is 5.97 Å². The molecular weight excluding hydrogens is 206 g/mol. The van der Waals surface area contributed by atoms with Gasteiger partial charge < -0.3 is 10.1 Å². The zero-order chi connectivity index (χ0) is 11.8. The van der Waals surface area contributed by atoms with Crippen LogP contribution in [0.2, 0.25) is 0 Å². The van der Waals surface area contributed by atoms with Crippen LogP contribution in [0, 0.1) is 0 Å². The van der Waals surface area contributed by atoms with Gasteiger partial charge in [0.15, 0.2) is 0 Å². The Kier molecular flexibility index (Phi) is 5.05. The molecule has 0 radical (unpaired) electrons. The number of carbonyl (C=O) groups is 2. The summed E-state index contributed by atoms with van der Waals surface area (Å²) in [5.41, 5.74) is 0.996. The molecule has 1 aromatic carbocycles. The van der Waals surface area contributed by atoms with E-state index >= 15 is 0 Å². The molecule has 1 aliphatic heterocycles. The fourth-order valence-corrected chi connectivity index (χ4v) is 1.01. The van der Waals surface area contributed by atoms with Crippen LogP contribution in [0.1, 0.15) is 12.5 Å². The van der Waals surface area contributed by atoms with Gasteiger partial charge in [0.25, 0.3) is 0 Å². The molecule has 0 unspecified atom stereocenters. The maximum Gasteiger partial charge on any atom is 0.310 e. The first kappa shape index (κ1) is 12.2. The van der Waals surface area contributed by atoms with E-state index in [1.807, 2.05) is 37.3 Å². The molecule has 0 atom stereocenters. The first-order chi connectivity index (χ1) is 7.72. The molecule has 0 aromatic heterocycles. The molecule has 1 amide bonds. The van der Waals surface area contributed by atoms with Crippen LogP contribution in [-0.4, -0.2) is 25.0 Å². The minimum atomic E-state index is -0.163. The highest BCUT2D eigenvalue weighted by Crippen LogP contribution is 2.00. The molecule has 1 fully saturated rings. The predicted molar refractivity (Wildman–Crippen MR) is 59.8 cm³/mol. The second-order valence-corrected chi connectivity index (χ2v) is 3.24. The molecular formula is C12H15NO3. The van der Waals surface area contributed by atoms with E-state index in [4.69, 9.17) is 4.74 Å². The average Bonchev–Trinajstić information content (AvgIpc) is 3.03. The number of carbonyl (C=O) groups excluding carboxylic acids is 2. The lowest BCUT2D eigenvalue weighted by atomic mass is 10.2. The van der Waals surface area contributed by atoms with Gasteiger partial charge in [-0.25, -0.2) is 0 Å². The maximum absolute atomic E-state index is 11.0. The molecule has 86 valence electrons. The molecule has 1 aliphatic rings. The Bertz CT molecular complexity index is 343. The lowest BCUT2D eigenvalue weighted by molar-refractivity contribution is -0.142. The number of esters is 1. The number of benzene rings is 1. The molecule has 4 heteroatoms. The van der Waals surface area contributed by atoms with E-state index < -0.39 is 0 Å². The van der Waals surface area contributed by atoms with Crippen LogP contribution in [0.25, 0.3) is 0 Å². The van der Waals surface area contributed by atoms with Gasteiger partial charge in [0.05, 0.1) is 19.6 Å². The fourth-order valence-electron chi connectivity index (χ4n) is 1.01. The predicted octanol–water partition coefficient (Wildman–Crippen LogP) is 0.908. The number of hydrogen-bond donors (Lipinski definition) is 1. The summed E-state index contributed by atoms with van der Waals surface area (Å²) in [5, 5.41) is 2.46. The van der Waals surface area contributed by atoms with Crippen LogP contribution in [0.15, 0.2) is 30.3 Å². The smallest absolute Gasteiger partial charge is 0.310 e. The van der Waals surface area contributed by atoms with E-state index in [2.05, 4.69) is 5.32 Å². The number of ether oxygens (including phenoxy) is 1. The van der Waals surface area contributed by atoms with Gasteiger partial charge in [0, 0.05) is 0 Å². The monoisotopic (exact) mass is 221 g/mol. The molecule has 4 nitrogen and oxygen atoms in total. The first-order valence-electron chi connectivity index (χ1n) is 5.18. The van der Waals surface area contributed by atoms with Crippen LogP contribution in [0.3, 0.4) is 0 Å². The van der Waals surface area contributed by atoms with Gasteiger partial charge in [-0.05, 0) is 12.5 Å². The molecule has 0 saturated carbocycles. The summed E-state index contributed by atoms with van der Waals surface area (Å²) >= 11 is 0. The van der Waals surface area contributed by atoms with E-state index in [0.29, 0.717) is 19.6 Å². The van der Waals surface area contributed by atoms with E-state index in [0.717, 1.165) is 5.56 Å². The Morgan fingerprint density at radius 2 is 1.94 bits per heavy atom. The van der Waals surface area contributed by atoms with E-state index in [1.54, 1.807) is 0 Å². The van der Waals surface area contributed by atoms with Gasteiger partial charge in [-0.3, -0.25) is 9.59 Å². The van der Waals surface area contributed by atoms with Crippen LogP contribution >= 0.6 is 0 Å². The van der Waals surface area contributed by atoms with Crippen LogP contribution < -0.4 is 5.32 Å². The standard InChI is InChI=1S/C10H12O2.C2H3NO/c1-2-12-10(11)8-9-6-4-3-5-7-9;4-2-1-3-2/h3-7H,2,8H2,1H3;1H2,(H,3,4). The molecule has 1 N–H and O–H groups in total. The van der Waals surface area contributed by atoms with Crippen LogP contribution in [0.5, 0.6) is 0 Å². The summed E-state index contributed by atoms with van der Waals surface area (Å²) in [5.74, 6) is 0.00343. The fraction of sp³-hybridized carbons (Fsp3) is 0.333. The molecule has 1 aromatic rings. The van der Waals surface area contributed by atoms with Crippen molar-refractivity contribution in [1.29, 1.82) is 0 Å². The van der Waals surface area contributed by atoms with Crippen molar-refractivity contribution < 1.29 is 14.3 Å². The SMILES string of the molecule is CCOC(=O)Cc1ccccc1.O=C1CN1. The highest BCUT2D eigenvalue weighted by molar-refractivity contribution is 5.91. The maximum atomic E-state index is 11.0. The lowest BCUT2D eigenvalue weighted by Gasteiger charge is -2.00. The third kappa shape index (κ3) is 5.80. The van der Waals surface area contributed by atoms with Crippen LogP contribution in [-0.2, 0) is 20.7 Å². The third-order valence-corrected chi connectivity index (χ3v) is 1.82. The molecule has 0 aliphatic carbocycles. The summed E-state index contributed by atoms with van der Waals surface area (Å²) < 4.78 is 4.81. The van der Waals surface area contributed by atoms with Gasteiger partial charge in [-0.15, -0.1) is 0 Å². The lowest BCUT2D eigenvalue weighted by Crippen LogP contribution is -2.06. The van der Waals surface area contributed by atoms with Crippen molar-refractivity contribution in [3.8, 4) is 0 Å². The Hall–Kier alpha value is -1.84. The summed E-state index contributed by atoms with van der Waals surface area (Å²) in [7, 11) is 0. The normalized spacial score (nSPS) is 11.9. The average molecular weight is 221 g/mol. The third-order valence-electron chi connectivity index (χ3n) is 1.82. The highest BCUT2D eigenvalue weighted by Gasteiger charge is 2.10. The summed E-state index contributed by atoms with van der Waals surface area (Å²) in [6, 6.07) is 9.58. The Balaban J connectivity index is 0.000000267. The van der Waals surface area contributed by atoms with Crippen molar-refractivity contribution in [2.24, 2.45) is 0 Å². The van der Waals surface area contributed by atoms with Gasteiger partial charge in [0.1, 0.15) is 0 Å². The van der Waals surface area contributed by atoms with E-state index in [-0.39, 0.29) is 11.9 Å². The van der Waals surface area contributed by atoms with Gasteiger partial charge in [0.2, 0.25) is 5.91 Å². The second kappa shape index (κ2) is 6.61. The topological polar surface area (TPSA) is 65.3 Å². The Morgan fingerprint density at radius 3 is 2.38 bits per heavy atom. The molecule has 2 rings (SSSR count). The zero-order valence-corrected chi connectivity index (χ0v) is 9.23. The molecule has 1 heterocycles. The quantitative estimate of drug-likeness (QED) is 0.609. The van der Waals surface area contributed by atoms with Crippen molar-refractivity contribution >= 4 is 11.9 Å². The number of nitrogens with one attached hydrogen (secondary N) is 1. The molecule has 0 spiro atoms. The Morgan fingerprint density at radius 1 is 1.38 bits per heavy atom. The first-order valence-corrected chi connectivity index (χ1v) is 5.18. The van der Waals surface area contributed by atoms with E-state index in [1.165, 1.54) is 0 Å². The molecule has 16 heavy (non-hydrogen) atoms. The number of hydrogen-bond acceptors (Lipinski definition) is 3. The van der Waals surface area contributed by atoms with Gasteiger partial charge in [-0.2, -0.15) is 0 Å². The van der Waals surface area contributed by atoms with Crippen molar-refractivity contribution in [3.05, 3.63) is 35.9 Å². The van der Waals surface area contributed by atoms with Gasteiger partial charge in [-0.1, -0.05) is 30.3 Å². The minimum absolute atomic E-state index is 0.163. The highest BCUT2D eigenvalue weighted by atomic mass is 16.5. The molecule has 0 bridgehead atoms. The summed E-state index contributed by atoms with van der Waals surface area (Å²) in [6.07, 6.45) is 0.370. The van der Waals surface area contributed by atoms with E-state index in [9.17, 15) is 9.59 Å². The number of amides is 1. The summed E-state index contributed by atoms with van der Waals surface area (Å²) in [6.45, 7) is 2.86. The summed E-state index contributed by atoms with van der Waals surface area (Å²) in [4.78, 5) is 20.4. The zero-order valence-electron chi connectivity index (χ0n) is 9.23. The van der Waals surface area contributed by atoms with Crippen molar-refractivity contribution in [2.75, 3.05) is 13.2 Å². The minimum Gasteiger partial charge on any atom is -0.466 e. The number of rotatable bonds is 3.